The van der Waals surface area contributed by atoms with E-state index in [1.165, 1.54) is 11.3 Å². The topological polar surface area (TPSA) is 48.0 Å². The van der Waals surface area contributed by atoms with Gasteiger partial charge in [0.25, 0.3) is 0 Å². The number of halogens is 2. The van der Waals surface area contributed by atoms with Gasteiger partial charge in [0.1, 0.15) is 35.2 Å². The first kappa shape index (κ1) is 25.4. The number of likely N-dealkylation sites (tertiary alicyclic amines) is 1. The normalized spacial score (nSPS) is 14.3. The number of rotatable bonds is 11. The summed E-state index contributed by atoms with van der Waals surface area (Å²) >= 11 is 3.59. The lowest BCUT2D eigenvalue weighted by Crippen LogP contribution is -2.49. The van der Waals surface area contributed by atoms with Gasteiger partial charge >= 0.3 is 0 Å². The minimum Gasteiger partial charge on any atom is -0.492 e. The highest BCUT2D eigenvalue weighted by Gasteiger charge is 2.26. The van der Waals surface area contributed by atoms with Gasteiger partial charge in [-0.3, -0.25) is 14.1 Å². The van der Waals surface area contributed by atoms with Crippen LogP contribution < -0.4 is 14.0 Å². The second-order valence-electron chi connectivity index (χ2n) is 8.49. The summed E-state index contributed by atoms with van der Waals surface area (Å²) in [5.74, 6) is 2.77. The van der Waals surface area contributed by atoms with Crippen LogP contribution in [0, 0.1) is 5.92 Å². The average molecular weight is 635 g/mol. The Kier molecular flexibility index (Phi) is 8.36. The highest BCUT2D eigenvalue weighted by Crippen LogP contribution is 2.43. The van der Waals surface area contributed by atoms with Crippen LogP contribution in [0.3, 0.4) is 0 Å². The van der Waals surface area contributed by atoms with Crippen molar-refractivity contribution in [1.29, 1.82) is 0 Å². The van der Waals surface area contributed by atoms with Gasteiger partial charge in [-0.05, 0) is 64.5 Å². The maximum Gasteiger partial charge on any atom is 0.206 e. The van der Waals surface area contributed by atoms with E-state index in [9.17, 15) is 9.18 Å². The number of carbonyl (C=O) groups excluding carboxylic acids is 1. The molecule has 0 saturated carbocycles. The van der Waals surface area contributed by atoms with Crippen molar-refractivity contribution in [1.82, 2.24) is 4.90 Å². The number of nitrogens with zero attached hydrogens (tertiary/aromatic N) is 1. The van der Waals surface area contributed by atoms with E-state index < -0.39 is 0 Å². The van der Waals surface area contributed by atoms with Gasteiger partial charge in [0, 0.05) is 41.2 Å². The van der Waals surface area contributed by atoms with E-state index in [1.807, 2.05) is 72.8 Å². The van der Waals surface area contributed by atoms with Crippen LogP contribution in [-0.4, -0.2) is 43.6 Å². The molecule has 1 fully saturated rings. The zero-order valence-corrected chi connectivity index (χ0v) is 23.3. The first-order chi connectivity index (χ1) is 17.6. The lowest BCUT2D eigenvalue weighted by Gasteiger charge is -2.37. The zero-order valence-electron chi connectivity index (χ0n) is 19.3. The summed E-state index contributed by atoms with van der Waals surface area (Å²) in [5.41, 5.74) is 0.614. The van der Waals surface area contributed by atoms with Gasteiger partial charge in [-0.15, -0.1) is 11.3 Å². The van der Waals surface area contributed by atoms with E-state index in [1.54, 1.807) is 0 Å². The minimum atomic E-state index is -0.245. The van der Waals surface area contributed by atoms with Gasteiger partial charge in [-0.2, -0.15) is 0 Å². The monoisotopic (exact) mass is 635 g/mol. The van der Waals surface area contributed by atoms with Crippen LogP contribution in [0.4, 0.5) is 4.39 Å². The van der Waals surface area contributed by atoms with Gasteiger partial charge in [0.2, 0.25) is 5.78 Å². The molecule has 5 nitrogen and oxygen atoms in total. The smallest absolute Gasteiger partial charge is 0.206 e. The minimum absolute atomic E-state index is 0.0778. The predicted molar refractivity (Wildman–Crippen MR) is 153 cm³/mol. The van der Waals surface area contributed by atoms with E-state index in [2.05, 4.69) is 26.9 Å². The van der Waals surface area contributed by atoms with Gasteiger partial charge in [-0.25, -0.2) is 0 Å². The summed E-state index contributed by atoms with van der Waals surface area (Å²) in [4.78, 5) is 16.1. The van der Waals surface area contributed by atoms with Crippen LogP contribution >= 0.6 is 39.8 Å². The third-order valence-electron chi connectivity index (χ3n) is 5.99. The molecule has 3 aromatic carbocycles. The standard InChI is InChI=1S/C27H24FINO4PS/c28-15-18-16-30(17-18)12-13-32-20-6-8-21(9-7-20)33-26-23-11-10-22(34-35-29)14-24(23)36-27(26)25(31)19-4-2-1-3-5-19/h1-11,14,18,35H,12-13,15-17H2. The van der Waals surface area contributed by atoms with Crippen LogP contribution in [0.1, 0.15) is 15.2 Å². The fourth-order valence-electron chi connectivity index (χ4n) is 4.10. The van der Waals surface area contributed by atoms with Crippen LogP contribution in [0.15, 0.2) is 72.8 Å². The van der Waals surface area contributed by atoms with Crippen LogP contribution in [-0.2, 0) is 0 Å². The number of alkyl halides is 1. The molecular formula is C27H24FINO4PS. The summed E-state index contributed by atoms with van der Waals surface area (Å²) in [7, 11) is 0. The summed E-state index contributed by atoms with van der Waals surface area (Å²) in [6.07, 6.45) is 0. The van der Waals surface area contributed by atoms with E-state index in [-0.39, 0.29) is 18.4 Å². The quantitative estimate of drug-likeness (QED) is 0.0970. The summed E-state index contributed by atoms with van der Waals surface area (Å²) in [6, 6.07) is 22.4. The Hall–Kier alpha value is -2.26. The van der Waals surface area contributed by atoms with E-state index in [0.717, 1.165) is 41.2 Å². The summed E-state index contributed by atoms with van der Waals surface area (Å²) in [6.45, 7) is 3.00. The van der Waals surface area contributed by atoms with Crippen molar-refractivity contribution < 1.29 is 23.2 Å². The number of benzene rings is 3. The number of thiophene rings is 1. The van der Waals surface area contributed by atoms with Crippen molar-refractivity contribution in [3.63, 3.8) is 0 Å². The molecule has 186 valence electrons. The molecule has 4 aromatic rings. The molecule has 0 bridgehead atoms. The van der Waals surface area contributed by atoms with Crippen LogP contribution in [0.25, 0.3) is 10.1 Å². The van der Waals surface area contributed by atoms with Gasteiger partial charge in [0.15, 0.2) is 5.75 Å². The Morgan fingerprint density at radius 1 is 1.03 bits per heavy atom. The largest absolute Gasteiger partial charge is 0.492 e. The lowest BCUT2D eigenvalue weighted by atomic mass is 10.0. The molecule has 0 amide bonds. The molecule has 1 aliphatic rings. The maximum atomic E-state index is 13.4. The summed E-state index contributed by atoms with van der Waals surface area (Å²) < 4.78 is 31.3. The van der Waals surface area contributed by atoms with Crippen LogP contribution in [0.2, 0.25) is 0 Å². The van der Waals surface area contributed by atoms with E-state index in [0.29, 0.717) is 35.0 Å². The Morgan fingerprint density at radius 3 is 2.47 bits per heavy atom. The number of ketones is 1. The highest BCUT2D eigenvalue weighted by molar-refractivity contribution is 14.2. The second kappa shape index (κ2) is 11.9. The molecule has 0 radical (unpaired) electrons. The van der Waals surface area contributed by atoms with Crippen molar-refractivity contribution in [3.05, 3.63) is 83.2 Å². The lowest BCUT2D eigenvalue weighted by molar-refractivity contribution is 0.0668. The third kappa shape index (κ3) is 5.83. The Labute approximate surface area is 227 Å². The fraction of sp³-hybridized carbons (Fsp3) is 0.222. The Bertz CT molecular complexity index is 1330. The molecule has 1 unspecified atom stereocenters. The molecular weight excluding hydrogens is 611 g/mol. The molecule has 1 aromatic heterocycles. The van der Waals surface area contributed by atoms with Crippen LogP contribution in [0.5, 0.6) is 23.0 Å². The molecule has 5 rings (SSSR count). The fourth-order valence-corrected chi connectivity index (χ4v) is 6.20. The molecule has 0 aliphatic carbocycles. The van der Waals surface area contributed by atoms with Crippen molar-refractivity contribution >= 4 is 55.7 Å². The molecule has 36 heavy (non-hydrogen) atoms. The average Bonchev–Trinajstić information content (AvgIpc) is 3.24. The van der Waals surface area contributed by atoms with Gasteiger partial charge < -0.3 is 14.0 Å². The molecule has 1 atom stereocenters. The Morgan fingerprint density at radius 2 is 1.75 bits per heavy atom. The molecule has 0 N–H and O–H groups in total. The molecule has 1 saturated heterocycles. The first-order valence-electron chi connectivity index (χ1n) is 11.5. The maximum absolute atomic E-state index is 13.4. The highest BCUT2D eigenvalue weighted by atomic mass is 127. The van der Waals surface area contributed by atoms with Crippen molar-refractivity contribution in [2.75, 3.05) is 32.9 Å². The molecule has 2 heterocycles. The number of hydrogen-bond donors (Lipinski definition) is 0. The van der Waals surface area contributed by atoms with Crippen molar-refractivity contribution in [2.24, 2.45) is 5.92 Å². The van der Waals surface area contributed by atoms with E-state index in [4.69, 9.17) is 14.0 Å². The predicted octanol–water partition coefficient (Wildman–Crippen LogP) is 7.53. The number of hydrogen-bond acceptors (Lipinski definition) is 6. The first-order valence-corrected chi connectivity index (χ1v) is 16.4. The van der Waals surface area contributed by atoms with Gasteiger partial charge in [0.05, 0.1) is 6.67 Å². The number of carbonyl (C=O) groups is 1. The molecule has 9 heteroatoms. The van der Waals surface area contributed by atoms with Crippen molar-refractivity contribution in [2.45, 2.75) is 0 Å². The van der Waals surface area contributed by atoms with Crippen molar-refractivity contribution in [3.8, 4) is 23.0 Å². The van der Waals surface area contributed by atoms with Gasteiger partial charge in [-0.1, -0.05) is 30.3 Å². The molecule has 1 aliphatic heterocycles. The third-order valence-corrected chi connectivity index (χ3v) is 8.09. The number of fused-ring (bicyclic) bond motifs is 1. The summed E-state index contributed by atoms with van der Waals surface area (Å²) in [5, 5.41) is 0.866. The molecule has 0 spiro atoms. The second-order valence-corrected chi connectivity index (χ2v) is 11.2. The van der Waals surface area contributed by atoms with E-state index >= 15 is 0 Å². The zero-order chi connectivity index (χ0) is 24.9. The number of ether oxygens (including phenoxy) is 2. The Balaban J connectivity index is 1.34. The SMILES string of the molecule is O=C(c1ccccc1)c1sc2cc(OPI)ccc2c1Oc1ccc(OCCN2CC(CF)C2)cc1.